The number of hydrogen-bond acceptors (Lipinski definition) is 4. The smallest absolute Gasteiger partial charge is 0.262 e. The van der Waals surface area contributed by atoms with Gasteiger partial charge < -0.3 is 14.4 Å². The molecule has 6 heteroatoms. The lowest BCUT2D eigenvalue weighted by Crippen LogP contribution is -2.26. The molecule has 3 fully saturated rings. The molecule has 2 aliphatic heterocycles. The fourth-order valence-electron chi connectivity index (χ4n) is 7.04. The normalized spacial score (nSPS) is 27.4. The van der Waals surface area contributed by atoms with Crippen LogP contribution in [0.2, 0.25) is 0 Å². The van der Waals surface area contributed by atoms with E-state index in [-0.39, 0.29) is 17.5 Å². The number of fused-ring (bicyclic) bond motifs is 1. The van der Waals surface area contributed by atoms with Crippen molar-refractivity contribution in [2.24, 2.45) is 23.7 Å². The zero-order valence-electron chi connectivity index (χ0n) is 23.3. The average molecular weight is 533 g/mol. The quantitative estimate of drug-likeness (QED) is 0.329. The molecule has 1 aliphatic carbocycles. The molecule has 0 bridgehead atoms. The van der Waals surface area contributed by atoms with Crippen LogP contribution < -0.4 is 15.2 Å². The SMILES string of the molecule is CC1CCC(C)[C@@H](CC2CCN(c3ccc(-n4ccc5cc(OC[C@H]6CCCO6)ccc5c4=O)cc3F)C2)C1. The largest absolute Gasteiger partial charge is 0.491 e. The first-order valence-corrected chi connectivity index (χ1v) is 14.9. The Morgan fingerprint density at radius 3 is 2.77 bits per heavy atom. The summed E-state index contributed by atoms with van der Waals surface area (Å²) < 4.78 is 28.5. The van der Waals surface area contributed by atoms with Crippen LogP contribution >= 0.6 is 0 Å². The van der Waals surface area contributed by atoms with E-state index in [4.69, 9.17) is 9.47 Å². The van der Waals surface area contributed by atoms with Crippen LogP contribution in [0.4, 0.5) is 10.1 Å². The minimum Gasteiger partial charge on any atom is -0.491 e. The third-order valence-electron chi connectivity index (χ3n) is 9.43. The van der Waals surface area contributed by atoms with Crippen molar-refractivity contribution in [1.29, 1.82) is 0 Å². The lowest BCUT2D eigenvalue weighted by molar-refractivity contribution is 0.0680. The van der Waals surface area contributed by atoms with E-state index in [1.807, 2.05) is 30.3 Å². The molecule has 3 heterocycles. The van der Waals surface area contributed by atoms with Gasteiger partial charge in [0.15, 0.2) is 0 Å². The van der Waals surface area contributed by atoms with Crippen molar-refractivity contribution in [2.45, 2.75) is 64.9 Å². The highest BCUT2D eigenvalue weighted by molar-refractivity contribution is 5.83. The van der Waals surface area contributed by atoms with Gasteiger partial charge in [-0.2, -0.15) is 0 Å². The van der Waals surface area contributed by atoms with Crippen molar-refractivity contribution < 1.29 is 13.9 Å². The van der Waals surface area contributed by atoms with Gasteiger partial charge >= 0.3 is 0 Å². The van der Waals surface area contributed by atoms with Gasteiger partial charge in [0, 0.05) is 37.3 Å². The highest BCUT2D eigenvalue weighted by Gasteiger charge is 2.31. The first-order valence-electron chi connectivity index (χ1n) is 14.9. The van der Waals surface area contributed by atoms with Gasteiger partial charge in [0.05, 0.1) is 17.5 Å². The van der Waals surface area contributed by atoms with E-state index in [1.54, 1.807) is 12.3 Å². The maximum absolute atomic E-state index is 15.4. The Morgan fingerprint density at radius 1 is 1.05 bits per heavy atom. The lowest BCUT2D eigenvalue weighted by atomic mass is 9.72. The van der Waals surface area contributed by atoms with Crippen LogP contribution in [0.25, 0.3) is 16.5 Å². The number of hydrogen-bond donors (Lipinski definition) is 0. The molecule has 3 unspecified atom stereocenters. The van der Waals surface area contributed by atoms with Gasteiger partial charge in [-0.3, -0.25) is 9.36 Å². The van der Waals surface area contributed by atoms with Crippen molar-refractivity contribution in [3.8, 4) is 11.4 Å². The molecule has 3 aromatic rings. The molecule has 2 aromatic carbocycles. The molecule has 3 aliphatic rings. The van der Waals surface area contributed by atoms with Crippen LogP contribution in [0.1, 0.15) is 58.8 Å². The van der Waals surface area contributed by atoms with E-state index in [1.165, 1.54) is 36.3 Å². The molecule has 2 saturated heterocycles. The van der Waals surface area contributed by atoms with Crippen molar-refractivity contribution in [3.63, 3.8) is 0 Å². The summed E-state index contributed by atoms with van der Waals surface area (Å²) >= 11 is 0. The molecular weight excluding hydrogens is 491 g/mol. The predicted molar refractivity (Wildman–Crippen MR) is 155 cm³/mol. The van der Waals surface area contributed by atoms with Crippen LogP contribution in [0.15, 0.2) is 53.5 Å². The molecule has 1 aromatic heterocycles. The van der Waals surface area contributed by atoms with Crippen LogP contribution in [0.3, 0.4) is 0 Å². The summed E-state index contributed by atoms with van der Waals surface area (Å²) in [5.41, 5.74) is 1.03. The Morgan fingerprint density at radius 2 is 1.95 bits per heavy atom. The van der Waals surface area contributed by atoms with E-state index in [9.17, 15) is 4.79 Å². The number of aromatic nitrogens is 1. The van der Waals surface area contributed by atoms with Crippen LogP contribution in [-0.2, 0) is 4.74 Å². The molecule has 208 valence electrons. The van der Waals surface area contributed by atoms with E-state index in [0.29, 0.717) is 29.3 Å². The summed E-state index contributed by atoms with van der Waals surface area (Å²) in [4.78, 5) is 15.5. The third kappa shape index (κ3) is 5.72. The van der Waals surface area contributed by atoms with Gasteiger partial charge in [-0.1, -0.05) is 26.7 Å². The minimum absolute atomic E-state index is 0.141. The number of halogens is 1. The standard InChI is InChI=1S/C33H41FN2O3/c1-22-5-6-23(2)26(16-22)17-24-11-13-35(20-24)32-10-7-27(19-31(32)34)36-14-12-25-18-28(8-9-30(25)33(36)37)39-21-29-4-3-15-38-29/h7-10,12,14,18-19,22-24,26,29H,3-6,11,13,15-17,20-21H2,1-2H3/t22?,23?,24?,26-,29-/m1/s1. The Hall–Kier alpha value is -2.86. The van der Waals surface area contributed by atoms with Gasteiger partial charge in [0.2, 0.25) is 0 Å². The van der Waals surface area contributed by atoms with Crippen molar-refractivity contribution in [3.05, 3.63) is 64.8 Å². The summed E-state index contributed by atoms with van der Waals surface area (Å²) in [6, 6.07) is 12.6. The lowest BCUT2D eigenvalue weighted by Gasteiger charge is -2.34. The minimum atomic E-state index is -0.266. The Balaban J connectivity index is 1.14. The fraction of sp³-hybridized carbons (Fsp3) is 0.545. The first-order chi connectivity index (χ1) is 18.9. The molecule has 6 rings (SSSR count). The van der Waals surface area contributed by atoms with E-state index < -0.39 is 0 Å². The second kappa shape index (κ2) is 11.3. The van der Waals surface area contributed by atoms with Gasteiger partial charge in [0.1, 0.15) is 18.2 Å². The van der Waals surface area contributed by atoms with Crippen molar-refractivity contribution in [2.75, 3.05) is 31.2 Å². The van der Waals surface area contributed by atoms with Crippen LogP contribution in [0, 0.1) is 29.5 Å². The second-order valence-corrected chi connectivity index (χ2v) is 12.3. The van der Waals surface area contributed by atoms with Crippen LogP contribution in [-0.4, -0.2) is 37.0 Å². The second-order valence-electron chi connectivity index (χ2n) is 12.3. The summed E-state index contributed by atoms with van der Waals surface area (Å²) in [6.45, 7) is 7.92. The molecule has 5 nitrogen and oxygen atoms in total. The number of benzene rings is 2. The molecule has 0 amide bonds. The Kier molecular flexibility index (Phi) is 7.66. The molecule has 39 heavy (non-hydrogen) atoms. The highest BCUT2D eigenvalue weighted by atomic mass is 19.1. The summed E-state index contributed by atoms with van der Waals surface area (Å²) in [7, 11) is 0. The van der Waals surface area contributed by atoms with Gasteiger partial charge in [-0.15, -0.1) is 0 Å². The molecule has 5 atom stereocenters. The predicted octanol–water partition coefficient (Wildman–Crippen LogP) is 6.98. The molecule has 0 spiro atoms. The average Bonchev–Trinajstić information content (AvgIpc) is 3.62. The summed E-state index contributed by atoms with van der Waals surface area (Å²) in [5, 5.41) is 1.39. The van der Waals surface area contributed by atoms with Gasteiger partial charge in [0.25, 0.3) is 5.56 Å². The van der Waals surface area contributed by atoms with E-state index in [2.05, 4.69) is 18.7 Å². The molecule has 0 radical (unpaired) electrons. The zero-order valence-corrected chi connectivity index (χ0v) is 23.3. The molecular formula is C33H41FN2O3. The molecule has 0 N–H and O–H groups in total. The van der Waals surface area contributed by atoms with Crippen LogP contribution in [0.5, 0.6) is 5.75 Å². The Labute approximate surface area is 230 Å². The van der Waals surface area contributed by atoms with Crippen molar-refractivity contribution >= 4 is 16.5 Å². The van der Waals surface area contributed by atoms with Gasteiger partial charge in [-0.05, 0) is 97.6 Å². The summed E-state index contributed by atoms with van der Waals surface area (Å²) in [6.07, 6.45) is 10.4. The monoisotopic (exact) mass is 532 g/mol. The van der Waals surface area contributed by atoms with E-state index >= 15 is 4.39 Å². The topological polar surface area (TPSA) is 43.7 Å². The third-order valence-corrected chi connectivity index (χ3v) is 9.43. The Bertz CT molecular complexity index is 1360. The number of ether oxygens (including phenoxy) is 2. The first kappa shape index (κ1) is 26.4. The summed E-state index contributed by atoms with van der Waals surface area (Å²) in [5.74, 6) is 3.52. The van der Waals surface area contributed by atoms with Crippen molar-refractivity contribution in [1.82, 2.24) is 4.57 Å². The fourth-order valence-corrected chi connectivity index (χ4v) is 7.04. The highest BCUT2D eigenvalue weighted by Crippen LogP contribution is 2.39. The zero-order chi connectivity index (χ0) is 26.9. The maximum atomic E-state index is 15.4. The number of rotatable bonds is 7. The number of pyridine rings is 1. The van der Waals surface area contributed by atoms with E-state index in [0.717, 1.165) is 67.8 Å². The number of nitrogens with zero attached hydrogens (tertiary/aromatic N) is 2. The van der Waals surface area contributed by atoms with Gasteiger partial charge in [-0.25, -0.2) is 4.39 Å². The number of anilines is 1. The molecule has 1 saturated carbocycles. The maximum Gasteiger partial charge on any atom is 0.262 e.